The Balaban J connectivity index is 1.38. The fraction of sp³-hybridized carbons (Fsp3) is 0.0952. The monoisotopic (exact) mass is 433 g/mol. The van der Waals surface area contributed by atoms with E-state index in [0.717, 1.165) is 11.1 Å². The highest BCUT2D eigenvalue weighted by atomic mass is 32.2. The lowest BCUT2D eigenvalue weighted by Crippen LogP contribution is -2.20. The molecule has 0 saturated heterocycles. The zero-order chi connectivity index (χ0) is 21.4. The quantitative estimate of drug-likeness (QED) is 0.428. The number of para-hydroxylation sites is 1. The molecule has 31 heavy (non-hydrogen) atoms. The van der Waals surface area contributed by atoms with Gasteiger partial charge in [-0.2, -0.15) is 0 Å². The Kier molecular flexibility index (Phi) is 4.83. The van der Waals surface area contributed by atoms with Crippen molar-refractivity contribution in [2.75, 3.05) is 0 Å². The van der Waals surface area contributed by atoms with Gasteiger partial charge in [-0.15, -0.1) is 15.3 Å². The summed E-state index contributed by atoms with van der Waals surface area (Å²) < 4.78 is 16.4. The first kappa shape index (κ1) is 19.2. The highest BCUT2D eigenvalue weighted by Gasteiger charge is 2.15. The van der Waals surface area contributed by atoms with Crippen molar-refractivity contribution in [3.05, 3.63) is 81.9 Å². The van der Waals surface area contributed by atoms with Crippen LogP contribution in [0.25, 0.3) is 28.8 Å². The number of halogens is 1. The maximum absolute atomic E-state index is 13.0. The fourth-order valence-corrected chi connectivity index (χ4v) is 3.98. The number of nitrogens with one attached hydrogen (secondary N) is 1. The van der Waals surface area contributed by atoms with Crippen molar-refractivity contribution in [3.63, 3.8) is 0 Å². The van der Waals surface area contributed by atoms with Crippen LogP contribution in [0.4, 0.5) is 4.39 Å². The zero-order valence-electron chi connectivity index (χ0n) is 16.4. The summed E-state index contributed by atoms with van der Waals surface area (Å²) in [7, 11) is 1.69. The summed E-state index contributed by atoms with van der Waals surface area (Å²) in [6, 6.07) is 13.6. The van der Waals surface area contributed by atoms with E-state index in [2.05, 4.69) is 25.4 Å². The van der Waals surface area contributed by atoms with Crippen molar-refractivity contribution in [2.45, 2.75) is 10.9 Å². The number of fused-ring (bicyclic) bond motifs is 3. The number of nitrogens with zero attached hydrogens (tertiary/aromatic N) is 6. The molecule has 0 spiro atoms. The summed E-state index contributed by atoms with van der Waals surface area (Å²) in [5, 5.41) is 16.7. The van der Waals surface area contributed by atoms with Crippen LogP contribution in [0.1, 0.15) is 17.2 Å². The minimum absolute atomic E-state index is 0.110. The second-order valence-electron chi connectivity index (χ2n) is 6.81. The van der Waals surface area contributed by atoms with Crippen LogP contribution in [-0.4, -0.2) is 34.3 Å². The number of thioether (sulfide) groups is 1. The second-order valence-corrected chi connectivity index (χ2v) is 7.75. The first-order valence-corrected chi connectivity index (χ1v) is 10.4. The van der Waals surface area contributed by atoms with Crippen molar-refractivity contribution in [1.82, 2.24) is 34.3 Å². The molecule has 10 heteroatoms. The van der Waals surface area contributed by atoms with E-state index >= 15 is 0 Å². The van der Waals surface area contributed by atoms with Gasteiger partial charge < -0.3 is 0 Å². The molecule has 3 heterocycles. The molecule has 5 aromatic rings. The molecule has 154 valence electrons. The fourth-order valence-electron chi connectivity index (χ4n) is 3.26. The maximum Gasteiger partial charge on any atom is 0.262 e. The van der Waals surface area contributed by atoms with Gasteiger partial charge in [-0.1, -0.05) is 42.1 Å². The van der Waals surface area contributed by atoms with Gasteiger partial charge in [0.1, 0.15) is 17.5 Å². The lowest BCUT2D eigenvalue weighted by molar-refractivity contribution is 0.628. The van der Waals surface area contributed by atoms with Gasteiger partial charge in [-0.25, -0.2) is 9.37 Å². The molecule has 0 saturated carbocycles. The number of hydrogen-bond donors (Lipinski definition) is 1. The topological polar surface area (TPSA) is 93.8 Å². The number of benzene rings is 2. The number of rotatable bonds is 5. The molecule has 0 fully saturated rings. The van der Waals surface area contributed by atoms with Crippen molar-refractivity contribution in [3.8, 4) is 0 Å². The van der Waals surface area contributed by atoms with E-state index in [-0.39, 0.29) is 11.4 Å². The van der Waals surface area contributed by atoms with E-state index in [1.165, 1.54) is 28.5 Å². The van der Waals surface area contributed by atoms with Gasteiger partial charge in [-0.3, -0.25) is 18.9 Å². The normalized spacial score (nSPS) is 11.8. The van der Waals surface area contributed by atoms with Gasteiger partial charge in [0.15, 0.2) is 0 Å². The van der Waals surface area contributed by atoms with E-state index in [0.29, 0.717) is 33.7 Å². The van der Waals surface area contributed by atoms with Crippen LogP contribution in [0.2, 0.25) is 0 Å². The maximum atomic E-state index is 13.0. The molecular weight excluding hydrogens is 417 g/mol. The Bertz CT molecular complexity index is 1480. The number of aryl methyl sites for hydroxylation is 1. The van der Waals surface area contributed by atoms with Crippen LogP contribution in [0, 0.1) is 5.82 Å². The molecule has 2 aromatic carbocycles. The smallest absolute Gasteiger partial charge is 0.262 e. The summed E-state index contributed by atoms with van der Waals surface area (Å²) in [6.07, 6.45) is 3.60. The molecule has 5 rings (SSSR count). The third-order valence-electron chi connectivity index (χ3n) is 4.81. The molecule has 0 radical (unpaired) electrons. The minimum Gasteiger partial charge on any atom is -0.279 e. The lowest BCUT2D eigenvalue weighted by atomic mass is 10.2. The molecule has 0 aliphatic heterocycles. The Morgan fingerprint density at radius 3 is 2.74 bits per heavy atom. The van der Waals surface area contributed by atoms with Crippen molar-refractivity contribution in [1.29, 1.82) is 0 Å². The van der Waals surface area contributed by atoms with Crippen molar-refractivity contribution >= 4 is 40.6 Å². The highest BCUT2D eigenvalue weighted by Crippen LogP contribution is 2.21. The van der Waals surface area contributed by atoms with Gasteiger partial charge in [0.2, 0.25) is 10.9 Å². The molecular formula is C21H16FN7OS. The predicted octanol–water partition coefficient (Wildman–Crippen LogP) is 3.30. The Morgan fingerprint density at radius 2 is 1.90 bits per heavy atom. The number of H-pyrrole nitrogens is 1. The van der Waals surface area contributed by atoms with E-state index < -0.39 is 0 Å². The van der Waals surface area contributed by atoms with Crippen molar-refractivity contribution in [2.24, 2.45) is 7.05 Å². The van der Waals surface area contributed by atoms with E-state index in [1.807, 2.05) is 28.7 Å². The average Bonchev–Trinajstić information content (AvgIpc) is 3.43. The molecule has 0 unspecified atom stereocenters. The molecule has 0 aliphatic rings. The molecule has 8 nitrogen and oxygen atoms in total. The first-order chi connectivity index (χ1) is 15.1. The van der Waals surface area contributed by atoms with Crippen LogP contribution in [-0.2, 0) is 12.8 Å². The standard InChI is InChI=1S/C21H16FN7OS/c1-28-19(30)15-4-2-3-5-16(15)29-18(25-27-21(28)29)12-31-20-23-17(24-26-20)11-8-13-6-9-14(22)10-7-13/h2-11H,12H2,1H3,(H,23,24,26)/b11-8+. The zero-order valence-corrected chi connectivity index (χ0v) is 17.2. The van der Waals surface area contributed by atoms with Gasteiger partial charge in [0, 0.05) is 7.05 Å². The molecule has 0 bridgehead atoms. The Hall–Kier alpha value is -3.79. The van der Waals surface area contributed by atoms with Crippen LogP contribution < -0.4 is 5.56 Å². The summed E-state index contributed by atoms with van der Waals surface area (Å²) in [5.74, 6) is 1.97. The van der Waals surface area contributed by atoms with Gasteiger partial charge in [0.05, 0.1) is 16.7 Å². The first-order valence-electron chi connectivity index (χ1n) is 9.41. The van der Waals surface area contributed by atoms with Crippen LogP contribution in [0.5, 0.6) is 0 Å². The summed E-state index contributed by atoms with van der Waals surface area (Å²) in [5.41, 5.74) is 1.51. The van der Waals surface area contributed by atoms with E-state index in [4.69, 9.17) is 0 Å². The molecule has 3 aromatic heterocycles. The second kappa shape index (κ2) is 7.80. The number of aromatic nitrogens is 7. The average molecular weight is 433 g/mol. The van der Waals surface area contributed by atoms with Gasteiger partial charge >= 0.3 is 0 Å². The predicted molar refractivity (Wildman–Crippen MR) is 117 cm³/mol. The molecule has 0 aliphatic carbocycles. The SMILES string of the molecule is Cn1c(=O)c2ccccc2n2c(CSc3n[nH]c(/C=C/c4ccc(F)cc4)n3)nnc12. The Morgan fingerprint density at radius 1 is 1.10 bits per heavy atom. The van der Waals surface area contributed by atoms with Crippen LogP contribution in [0.15, 0.2) is 58.5 Å². The molecule has 0 atom stereocenters. The van der Waals surface area contributed by atoms with E-state index in [1.54, 1.807) is 31.3 Å². The minimum atomic E-state index is -0.274. The van der Waals surface area contributed by atoms with Crippen LogP contribution in [0.3, 0.4) is 0 Å². The third-order valence-corrected chi connectivity index (χ3v) is 5.65. The summed E-state index contributed by atoms with van der Waals surface area (Å²) >= 11 is 1.41. The highest BCUT2D eigenvalue weighted by molar-refractivity contribution is 7.98. The summed E-state index contributed by atoms with van der Waals surface area (Å²) in [4.78, 5) is 17.0. The number of aromatic amines is 1. The third kappa shape index (κ3) is 3.61. The number of hydrogen-bond acceptors (Lipinski definition) is 6. The van der Waals surface area contributed by atoms with Gasteiger partial charge in [0.25, 0.3) is 5.56 Å². The lowest BCUT2D eigenvalue weighted by Gasteiger charge is -2.07. The van der Waals surface area contributed by atoms with Gasteiger partial charge in [-0.05, 0) is 35.9 Å². The largest absolute Gasteiger partial charge is 0.279 e. The molecule has 0 amide bonds. The Labute approximate surface area is 179 Å². The van der Waals surface area contributed by atoms with E-state index in [9.17, 15) is 9.18 Å². The molecule has 1 N–H and O–H groups in total. The van der Waals surface area contributed by atoms with Crippen LogP contribution >= 0.6 is 11.8 Å². The summed E-state index contributed by atoms with van der Waals surface area (Å²) in [6.45, 7) is 0. The van der Waals surface area contributed by atoms with Crippen molar-refractivity contribution < 1.29 is 4.39 Å².